The van der Waals surface area contributed by atoms with Gasteiger partial charge in [-0.3, -0.25) is 14.9 Å². The second-order valence-corrected chi connectivity index (χ2v) is 7.42. The molecular formula is C16H16N2O5S. The number of carbonyl (C=O) groups is 1. The number of nitro groups is 1. The van der Waals surface area contributed by atoms with E-state index in [1.807, 2.05) is 32.0 Å². The zero-order valence-corrected chi connectivity index (χ0v) is 14.2. The van der Waals surface area contributed by atoms with Crippen molar-refractivity contribution in [2.45, 2.75) is 18.7 Å². The fourth-order valence-corrected chi connectivity index (χ4v) is 3.14. The number of benzene rings is 2. The summed E-state index contributed by atoms with van der Waals surface area (Å²) in [5.41, 5.74) is 1.72. The van der Waals surface area contributed by atoms with E-state index in [4.69, 9.17) is 0 Å². The number of nitro benzene ring substituents is 1. The van der Waals surface area contributed by atoms with Crippen molar-refractivity contribution in [3.8, 4) is 0 Å². The van der Waals surface area contributed by atoms with Gasteiger partial charge in [0.05, 0.1) is 4.92 Å². The van der Waals surface area contributed by atoms with Crippen molar-refractivity contribution < 1.29 is 18.1 Å². The van der Waals surface area contributed by atoms with Gasteiger partial charge in [-0.15, -0.1) is 0 Å². The van der Waals surface area contributed by atoms with Gasteiger partial charge in [0.2, 0.25) is 0 Å². The Hall–Kier alpha value is -2.74. The fraction of sp³-hybridized carbons (Fsp3) is 0.188. The third-order valence-electron chi connectivity index (χ3n) is 3.54. The summed E-state index contributed by atoms with van der Waals surface area (Å²) in [6, 6.07) is 8.82. The molecule has 1 N–H and O–H groups in total. The Labute approximate surface area is 139 Å². The number of amides is 1. The van der Waals surface area contributed by atoms with Gasteiger partial charge in [0.1, 0.15) is 4.90 Å². The van der Waals surface area contributed by atoms with E-state index in [0.29, 0.717) is 5.69 Å². The molecule has 0 bridgehead atoms. The van der Waals surface area contributed by atoms with Crippen LogP contribution in [0.1, 0.15) is 21.5 Å². The summed E-state index contributed by atoms with van der Waals surface area (Å²) in [7, 11) is -3.77. The minimum Gasteiger partial charge on any atom is -0.321 e. The van der Waals surface area contributed by atoms with Crippen molar-refractivity contribution in [3.05, 3.63) is 63.2 Å². The molecule has 0 fully saturated rings. The van der Waals surface area contributed by atoms with Gasteiger partial charge < -0.3 is 5.32 Å². The average Bonchev–Trinajstić information content (AvgIpc) is 2.49. The van der Waals surface area contributed by atoms with Crippen LogP contribution in [0.5, 0.6) is 0 Å². The first-order valence-electron chi connectivity index (χ1n) is 6.97. The Morgan fingerprint density at radius 2 is 1.71 bits per heavy atom. The molecule has 0 saturated heterocycles. The lowest BCUT2D eigenvalue weighted by molar-refractivity contribution is -0.387. The van der Waals surface area contributed by atoms with Crippen molar-refractivity contribution in [3.63, 3.8) is 0 Å². The normalized spacial score (nSPS) is 11.1. The summed E-state index contributed by atoms with van der Waals surface area (Å²) in [5.74, 6) is -0.546. The zero-order chi connectivity index (χ0) is 18.1. The molecule has 0 spiro atoms. The highest BCUT2D eigenvalue weighted by Gasteiger charge is 2.24. The number of rotatable bonds is 4. The molecule has 0 unspecified atom stereocenters. The lowest BCUT2D eigenvalue weighted by atomic mass is 10.1. The molecule has 0 saturated carbocycles. The molecule has 126 valence electrons. The molecular weight excluding hydrogens is 332 g/mol. The van der Waals surface area contributed by atoms with Crippen LogP contribution in [0.2, 0.25) is 0 Å². The molecule has 0 heterocycles. The number of nitrogens with one attached hydrogen (secondary N) is 1. The number of carbonyl (C=O) groups excluding carboxylic acids is 1. The summed E-state index contributed by atoms with van der Waals surface area (Å²) in [6.45, 7) is 3.66. The minimum atomic E-state index is -3.77. The molecule has 0 atom stereocenters. The largest absolute Gasteiger partial charge is 0.321 e. The highest BCUT2D eigenvalue weighted by molar-refractivity contribution is 7.90. The van der Waals surface area contributed by atoms with Gasteiger partial charge >= 0.3 is 0 Å². The first kappa shape index (κ1) is 17.6. The van der Waals surface area contributed by atoms with Crippen LogP contribution in [-0.4, -0.2) is 25.5 Å². The van der Waals surface area contributed by atoms with Gasteiger partial charge in [-0.05, 0) is 37.1 Å². The smallest absolute Gasteiger partial charge is 0.288 e. The lowest BCUT2D eigenvalue weighted by Gasteiger charge is -2.11. The fourth-order valence-electron chi connectivity index (χ4n) is 2.31. The van der Waals surface area contributed by atoms with E-state index in [1.54, 1.807) is 0 Å². The molecule has 7 nitrogen and oxygen atoms in total. The number of aryl methyl sites for hydroxylation is 2. The Balaban J connectivity index is 2.44. The standard InChI is InChI=1S/C16H16N2O5S/c1-10-5-4-6-11(2)15(10)17-16(19)12-7-8-14(24(3,22)23)13(9-12)18(20)21/h4-9H,1-3H3,(H,17,19). The van der Waals surface area contributed by atoms with Crippen LogP contribution < -0.4 is 5.32 Å². The molecule has 0 radical (unpaired) electrons. The van der Waals surface area contributed by atoms with E-state index in [1.165, 1.54) is 6.07 Å². The number of nitrogens with zero attached hydrogens (tertiary/aromatic N) is 1. The van der Waals surface area contributed by atoms with Crippen LogP contribution in [-0.2, 0) is 9.84 Å². The maximum atomic E-state index is 12.4. The molecule has 0 aliphatic carbocycles. The van der Waals surface area contributed by atoms with E-state index < -0.39 is 31.3 Å². The number of hydrogen-bond donors (Lipinski definition) is 1. The van der Waals surface area contributed by atoms with Gasteiger partial charge in [-0.25, -0.2) is 8.42 Å². The van der Waals surface area contributed by atoms with E-state index in [-0.39, 0.29) is 5.56 Å². The van der Waals surface area contributed by atoms with Crippen molar-refractivity contribution in [1.82, 2.24) is 0 Å². The summed E-state index contributed by atoms with van der Waals surface area (Å²) in [5, 5.41) is 13.8. The van der Waals surface area contributed by atoms with Crippen LogP contribution >= 0.6 is 0 Å². The number of anilines is 1. The second kappa shape index (κ2) is 6.40. The van der Waals surface area contributed by atoms with Crippen molar-refractivity contribution in [1.29, 1.82) is 0 Å². The summed E-state index contributed by atoms with van der Waals surface area (Å²) in [4.78, 5) is 22.3. The number of hydrogen-bond acceptors (Lipinski definition) is 5. The zero-order valence-electron chi connectivity index (χ0n) is 13.4. The Bertz CT molecular complexity index is 915. The molecule has 8 heteroatoms. The highest BCUT2D eigenvalue weighted by atomic mass is 32.2. The molecule has 2 aromatic rings. The molecule has 24 heavy (non-hydrogen) atoms. The molecule has 2 rings (SSSR count). The van der Waals surface area contributed by atoms with Crippen LogP contribution in [0.4, 0.5) is 11.4 Å². The number of para-hydroxylation sites is 1. The van der Waals surface area contributed by atoms with Crippen molar-refractivity contribution in [2.24, 2.45) is 0 Å². The predicted molar refractivity (Wildman–Crippen MR) is 90.1 cm³/mol. The van der Waals surface area contributed by atoms with Gasteiger partial charge in [0.15, 0.2) is 9.84 Å². The molecule has 1 amide bonds. The lowest BCUT2D eigenvalue weighted by Crippen LogP contribution is -2.14. The maximum Gasteiger partial charge on any atom is 0.288 e. The van der Waals surface area contributed by atoms with Gasteiger partial charge in [0.25, 0.3) is 11.6 Å². The van der Waals surface area contributed by atoms with E-state index in [0.717, 1.165) is 29.5 Å². The van der Waals surface area contributed by atoms with Crippen LogP contribution in [0, 0.1) is 24.0 Å². The quantitative estimate of drug-likeness (QED) is 0.675. The first-order valence-corrected chi connectivity index (χ1v) is 8.86. The Morgan fingerprint density at radius 1 is 1.12 bits per heavy atom. The summed E-state index contributed by atoms with van der Waals surface area (Å²) < 4.78 is 23.2. The van der Waals surface area contributed by atoms with E-state index >= 15 is 0 Å². The number of sulfone groups is 1. The SMILES string of the molecule is Cc1cccc(C)c1NC(=O)c1ccc(S(C)(=O)=O)c([N+](=O)[O-])c1. The van der Waals surface area contributed by atoms with Crippen LogP contribution in [0.3, 0.4) is 0 Å². The van der Waals surface area contributed by atoms with E-state index in [2.05, 4.69) is 5.32 Å². The summed E-state index contributed by atoms with van der Waals surface area (Å²) >= 11 is 0. The van der Waals surface area contributed by atoms with E-state index in [9.17, 15) is 23.3 Å². The minimum absolute atomic E-state index is 0.0109. The maximum absolute atomic E-state index is 12.4. The molecule has 2 aromatic carbocycles. The average molecular weight is 348 g/mol. The Kier molecular flexibility index (Phi) is 4.70. The topological polar surface area (TPSA) is 106 Å². The molecule has 0 aliphatic rings. The first-order chi connectivity index (χ1) is 11.1. The third kappa shape index (κ3) is 3.60. The predicted octanol–water partition coefficient (Wildman–Crippen LogP) is 2.87. The second-order valence-electron chi connectivity index (χ2n) is 5.43. The van der Waals surface area contributed by atoms with Gasteiger partial charge in [-0.1, -0.05) is 18.2 Å². The molecule has 0 aliphatic heterocycles. The van der Waals surface area contributed by atoms with Gasteiger partial charge in [0, 0.05) is 23.6 Å². The third-order valence-corrected chi connectivity index (χ3v) is 4.68. The van der Waals surface area contributed by atoms with Gasteiger partial charge in [-0.2, -0.15) is 0 Å². The summed E-state index contributed by atoms with van der Waals surface area (Å²) in [6.07, 6.45) is 0.881. The molecule has 0 aromatic heterocycles. The Morgan fingerprint density at radius 3 is 2.21 bits per heavy atom. The highest BCUT2D eigenvalue weighted by Crippen LogP contribution is 2.26. The van der Waals surface area contributed by atoms with Crippen LogP contribution in [0.25, 0.3) is 0 Å². The monoisotopic (exact) mass is 348 g/mol. The van der Waals surface area contributed by atoms with Crippen LogP contribution in [0.15, 0.2) is 41.3 Å². The van der Waals surface area contributed by atoms with Crippen molar-refractivity contribution in [2.75, 3.05) is 11.6 Å². The van der Waals surface area contributed by atoms with Crippen molar-refractivity contribution >= 4 is 27.1 Å².